The molecule has 1 saturated heterocycles. The summed E-state index contributed by atoms with van der Waals surface area (Å²) in [4.78, 5) is 6.69. The second-order valence-corrected chi connectivity index (χ2v) is 8.03. The van der Waals surface area contributed by atoms with E-state index in [1.807, 2.05) is 6.92 Å². The molecule has 1 fully saturated rings. The van der Waals surface area contributed by atoms with Gasteiger partial charge in [0, 0.05) is 19.2 Å². The molecule has 0 amide bonds. The van der Waals surface area contributed by atoms with Crippen molar-refractivity contribution in [3.05, 3.63) is 17.3 Å². The zero-order valence-corrected chi connectivity index (χ0v) is 13.4. The fourth-order valence-corrected chi connectivity index (χ4v) is 3.91. The lowest BCUT2D eigenvalue weighted by molar-refractivity contribution is 0.283. The van der Waals surface area contributed by atoms with Gasteiger partial charge in [0.1, 0.15) is 15.6 Å². The molecular formula is C14H24N2O3S. The van der Waals surface area contributed by atoms with E-state index in [2.05, 4.69) is 16.8 Å². The van der Waals surface area contributed by atoms with Crippen LogP contribution in [0.4, 0.5) is 0 Å². The molecule has 1 atom stereocenters. The molecule has 1 aromatic heterocycles. The van der Waals surface area contributed by atoms with Gasteiger partial charge in [-0.1, -0.05) is 6.92 Å². The van der Waals surface area contributed by atoms with E-state index >= 15 is 0 Å². The highest BCUT2D eigenvalue weighted by atomic mass is 32.2. The predicted molar refractivity (Wildman–Crippen MR) is 78.3 cm³/mol. The van der Waals surface area contributed by atoms with Crippen molar-refractivity contribution in [3.63, 3.8) is 0 Å². The molecule has 0 saturated carbocycles. The van der Waals surface area contributed by atoms with Gasteiger partial charge in [0.05, 0.1) is 18.0 Å². The molecule has 2 heterocycles. The summed E-state index contributed by atoms with van der Waals surface area (Å²) in [6.45, 7) is 6.58. The highest BCUT2D eigenvalue weighted by molar-refractivity contribution is 7.90. The molecule has 1 aliphatic rings. The molecule has 0 unspecified atom stereocenters. The molecule has 20 heavy (non-hydrogen) atoms. The molecule has 1 aromatic rings. The first-order valence-electron chi connectivity index (χ1n) is 7.22. The molecule has 6 heteroatoms. The van der Waals surface area contributed by atoms with Gasteiger partial charge < -0.3 is 4.42 Å². The average Bonchev–Trinajstić information content (AvgIpc) is 2.86. The number of aromatic nitrogens is 1. The minimum absolute atomic E-state index is 0.253. The second kappa shape index (κ2) is 6.26. The Labute approximate surface area is 121 Å². The molecule has 1 aliphatic heterocycles. The molecule has 5 nitrogen and oxygen atoms in total. The van der Waals surface area contributed by atoms with Crippen LogP contribution in [0.15, 0.2) is 4.42 Å². The van der Waals surface area contributed by atoms with Crippen molar-refractivity contribution in [2.45, 2.75) is 39.7 Å². The summed E-state index contributed by atoms with van der Waals surface area (Å²) in [5, 5.41) is 0. The Bertz CT molecular complexity index is 551. The van der Waals surface area contributed by atoms with Gasteiger partial charge in [-0.15, -0.1) is 0 Å². The van der Waals surface area contributed by atoms with Gasteiger partial charge >= 0.3 is 0 Å². The third-order valence-corrected chi connectivity index (χ3v) is 4.75. The summed E-state index contributed by atoms with van der Waals surface area (Å²) in [5.74, 6) is 2.28. The van der Waals surface area contributed by atoms with Gasteiger partial charge in [0.15, 0.2) is 5.89 Å². The minimum atomic E-state index is -2.88. The smallest absolute Gasteiger partial charge is 0.194 e. The van der Waals surface area contributed by atoms with E-state index in [9.17, 15) is 8.42 Å². The standard InChI is InChI=1S/C14H24N2O3S/c1-4-5-14-15-11(2)13(19-14)9-16-7-6-12(8-16)10-20(3,17)18/h12H,4-10H2,1-3H3/t12-/m0/s1. The van der Waals surface area contributed by atoms with Crippen LogP contribution in [0.25, 0.3) is 0 Å². The van der Waals surface area contributed by atoms with Gasteiger partial charge in [-0.3, -0.25) is 4.90 Å². The highest BCUT2D eigenvalue weighted by Crippen LogP contribution is 2.22. The van der Waals surface area contributed by atoms with E-state index in [4.69, 9.17) is 4.42 Å². The maximum Gasteiger partial charge on any atom is 0.194 e. The monoisotopic (exact) mass is 300 g/mol. The van der Waals surface area contributed by atoms with Crippen LogP contribution in [0.5, 0.6) is 0 Å². The summed E-state index contributed by atoms with van der Waals surface area (Å²) < 4.78 is 28.5. The Morgan fingerprint density at radius 3 is 2.85 bits per heavy atom. The summed E-state index contributed by atoms with van der Waals surface area (Å²) in [5.41, 5.74) is 0.958. The number of likely N-dealkylation sites (tertiary alicyclic amines) is 1. The van der Waals surface area contributed by atoms with Crippen molar-refractivity contribution >= 4 is 9.84 Å². The van der Waals surface area contributed by atoms with Gasteiger partial charge in [0.2, 0.25) is 0 Å². The van der Waals surface area contributed by atoms with Crippen molar-refractivity contribution in [1.82, 2.24) is 9.88 Å². The highest BCUT2D eigenvalue weighted by Gasteiger charge is 2.26. The minimum Gasteiger partial charge on any atom is -0.444 e. The number of rotatable bonds is 6. The third-order valence-electron chi connectivity index (χ3n) is 3.68. The van der Waals surface area contributed by atoms with E-state index in [0.717, 1.165) is 56.2 Å². The number of hydrogen-bond acceptors (Lipinski definition) is 5. The van der Waals surface area contributed by atoms with Gasteiger partial charge in [-0.2, -0.15) is 0 Å². The fraction of sp³-hybridized carbons (Fsp3) is 0.786. The van der Waals surface area contributed by atoms with Crippen LogP contribution in [-0.4, -0.2) is 43.4 Å². The van der Waals surface area contributed by atoms with E-state index in [0.29, 0.717) is 5.75 Å². The van der Waals surface area contributed by atoms with Crippen molar-refractivity contribution in [2.75, 3.05) is 25.1 Å². The zero-order chi connectivity index (χ0) is 14.8. The largest absolute Gasteiger partial charge is 0.444 e. The summed E-state index contributed by atoms with van der Waals surface area (Å²) >= 11 is 0. The predicted octanol–water partition coefficient (Wildman–Crippen LogP) is 1.80. The normalized spacial score (nSPS) is 20.6. The topological polar surface area (TPSA) is 63.4 Å². The van der Waals surface area contributed by atoms with Gasteiger partial charge in [0.25, 0.3) is 0 Å². The van der Waals surface area contributed by atoms with Crippen LogP contribution < -0.4 is 0 Å². The molecule has 0 aromatic carbocycles. The van der Waals surface area contributed by atoms with Crippen LogP contribution in [-0.2, 0) is 22.8 Å². The number of nitrogens with zero attached hydrogens (tertiary/aromatic N) is 2. The molecular weight excluding hydrogens is 276 g/mol. The van der Waals surface area contributed by atoms with Gasteiger partial charge in [-0.25, -0.2) is 13.4 Å². The van der Waals surface area contributed by atoms with Crippen molar-refractivity contribution < 1.29 is 12.8 Å². The van der Waals surface area contributed by atoms with Crippen LogP contribution in [0, 0.1) is 12.8 Å². The SMILES string of the molecule is CCCc1nc(C)c(CN2CC[C@H](CS(C)(=O)=O)C2)o1. The molecule has 0 N–H and O–H groups in total. The number of hydrogen-bond donors (Lipinski definition) is 0. The molecule has 114 valence electrons. The van der Waals surface area contributed by atoms with E-state index < -0.39 is 9.84 Å². The maximum absolute atomic E-state index is 11.3. The first-order chi connectivity index (χ1) is 9.37. The Balaban J connectivity index is 1.92. The van der Waals surface area contributed by atoms with Crippen molar-refractivity contribution in [1.29, 1.82) is 0 Å². The lowest BCUT2D eigenvalue weighted by Crippen LogP contribution is -2.22. The number of oxazole rings is 1. The summed E-state index contributed by atoms with van der Waals surface area (Å²) in [6, 6.07) is 0. The average molecular weight is 300 g/mol. The lowest BCUT2D eigenvalue weighted by Gasteiger charge is -2.14. The molecule has 0 aliphatic carbocycles. The molecule has 0 bridgehead atoms. The Hall–Kier alpha value is -0.880. The maximum atomic E-state index is 11.3. The van der Waals surface area contributed by atoms with Crippen LogP contribution in [0.1, 0.15) is 37.1 Å². The van der Waals surface area contributed by atoms with Crippen LogP contribution in [0.3, 0.4) is 0 Å². The van der Waals surface area contributed by atoms with E-state index in [1.165, 1.54) is 6.26 Å². The van der Waals surface area contributed by atoms with Crippen LogP contribution >= 0.6 is 0 Å². The van der Waals surface area contributed by atoms with Crippen LogP contribution in [0.2, 0.25) is 0 Å². The molecule has 0 spiro atoms. The van der Waals surface area contributed by atoms with E-state index in [1.54, 1.807) is 0 Å². The Morgan fingerprint density at radius 1 is 1.45 bits per heavy atom. The fourth-order valence-electron chi connectivity index (χ4n) is 2.78. The van der Waals surface area contributed by atoms with Crippen molar-refractivity contribution in [3.8, 4) is 0 Å². The quantitative estimate of drug-likeness (QED) is 0.801. The molecule has 2 rings (SSSR count). The number of sulfone groups is 1. The first-order valence-corrected chi connectivity index (χ1v) is 9.28. The summed E-state index contributed by atoms with van der Waals surface area (Å²) in [6.07, 6.45) is 4.16. The van der Waals surface area contributed by atoms with Gasteiger partial charge in [-0.05, 0) is 32.2 Å². The summed E-state index contributed by atoms with van der Waals surface area (Å²) in [7, 11) is -2.88. The van der Waals surface area contributed by atoms with Crippen molar-refractivity contribution in [2.24, 2.45) is 5.92 Å². The third kappa shape index (κ3) is 4.31. The number of aryl methyl sites for hydroxylation is 2. The Kier molecular flexibility index (Phi) is 4.86. The second-order valence-electron chi connectivity index (χ2n) is 5.85. The first kappa shape index (κ1) is 15.5. The lowest BCUT2D eigenvalue weighted by atomic mass is 10.2. The Morgan fingerprint density at radius 2 is 2.20 bits per heavy atom. The molecule has 0 radical (unpaired) electrons. The van der Waals surface area contributed by atoms with E-state index in [-0.39, 0.29) is 5.92 Å². The zero-order valence-electron chi connectivity index (χ0n) is 12.6.